The third kappa shape index (κ3) is 7.41. The highest BCUT2D eigenvalue weighted by atomic mass is 32.2. The van der Waals surface area contributed by atoms with E-state index < -0.39 is 10.0 Å². The second-order valence-electron chi connectivity index (χ2n) is 5.95. The average Bonchev–Trinajstić information content (AvgIpc) is 2.58. The van der Waals surface area contributed by atoms with Gasteiger partial charge in [-0.2, -0.15) is 0 Å². The molecule has 142 valence electrons. The Balaban J connectivity index is 2.44. The second-order valence-corrected chi connectivity index (χ2v) is 7.51. The molecular weight excluding hydrogens is 342 g/mol. The van der Waals surface area contributed by atoms with Crippen molar-refractivity contribution in [2.75, 3.05) is 26.8 Å². The van der Waals surface area contributed by atoms with Crippen LogP contribution in [0.2, 0.25) is 0 Å². The Morgan fingerprint density at radius 1 is 1.24 bits per heavy atom. The zero-order valence-electron chi connectivity index (χ0n) is 15.2. The molecule has 0 aromatic heterocycles. The van der Waals surface area contributed by atoms with Gasteiger partial charge < -0.3 is 15.0 Å². The Labute approximate surface area is 150 Å². The summed E-state index contributed by atoms with van der Waals surface area (Å²) in [5, 5.41) is 7.94. The summed E-state index contributed by atoms with van der Waals surface area (Å²) >= 11 is 0. The van der Waals surface area contributed by atoms with Gasteiger partial charge in [-0.1, -0.05) is 25.5 Å². The minimum absolute atomic E-state index is 0.0543. The normalized spacial score (nSPS) is 12.6. The van der Waals surface area contributed by atoms with Crippen molar-refractivity contribution in [1.29, 1.82) is 0 Å². The number of nitrogens with two attached hydrogens (primary N) is 1. The van der Waals surface area contributed by atoms with Crippen LogP contribution in [0.15, 0.2) is 29.2 Å². The number of rotatable bonds is 10. The Morgan fingerprint density at radius 2 is 1.84 bits per heavy atom. The molecule has 3 N–H and O–H groups in total. The molecule has 0 unspecified atom stereocenters. The fraction of sp³-hybridized carbons (Fsp3) is 0.588. The van der Waals surface area contributed by atoms with Crippen LogP contribution in [-0.4, -0.2) is 46.2 Å². The van der Waals surface area contributed by atoms with Gasteiger partial charge in [-0.05, 0) is 37.5 Å². The molecule has 0 saturated carbocycles. The molecule has 0 aliphatic rings. The third-order valence-electron chi connectivity index (χ3n) is 3.98. The van der Waals surface area contributed by atoms with E-state index in [9.17, 15) is 13.2 Å². The van der Waals surface area contributed by atoms with Gasteiger partial charge in [-0.25, -0.2) is 18.4 Å². The summed E-state index contributed by atoms with van der Waals surface area (Å²) in [5.41, 5.74) is 0.827. The topological polar surface area (TPSA) is 102 Å². The lowest BCUT2D eigenvalue weighted by Crippen LogP contribution is -2.39. The average molecular weight is 372 g/mol. The van der Waals surface area contributed by atoms with Gasteiger partial charge in [0.1, 0.15) is 0 Å². The number of nitrogens with one attached hydrogen (secondary N) is 1. The van der Waals surface area contributed by atoms with Gasteiger partial charge >= 0.3 is 6.03 Å². The van der Waals surface area contributed by atoms with E-state index in [1.807, 2.05) is 6.92 Å². The first-order valence-corrected chi connectivity index (χ1v) is 10.0. The molecule has 0 saturated heterocycles. The Hall–Kier alpha value is -1.64. The molecule has 25 heavy (non-hydrogen) atoms. The van der Waals surface area contributed by atoms with Crippen LogP contribution in [0, 0.1) is 0 Å². The zero-order valence-corrected chi connectivity index (χ0v) is 16.0. The minimum Gasteiger partial charge on any atom is -0.381 e. The fourth-order valence-corrected chi connectivity index (χ4v) is 2.69. The van der Waals surface area contributed by atoms with Crippen LogP contribution in [0.25, 0.3) is 0 Å². The summed E-state index contributed by atoms with van der Waals surface area (Å²) in [6.07, 6.45) is 2.93. The molecule has 0 spiro atoms. The Kier molecular flexibility index (Phi) is 8.88. The summed E-state index contributed by atoms with van der Waals surface area (Å²) in [7, 11) is -2.01. The van der Waals surface area contributed by atoms with Crippen molar-refractivity contribution in [2.24, 2.45) is 5.14 Å². The van der Waals surface area contributed by atoms with Gasteiger partial charge in [0, 0.05) is 26.8 Å². The number of nitrogens with zero attached hydrogens (tertiary/aromatic N) is 1. The van der Waals surface area contributed by atoms with Gasteiger partial charge in [0.05, 0.1) is 10.9 Å². The maximum absolute atomic E-state index is 12.2. The molecular formula is C17H29N3O4S. The van der Waals surface area contributed by atoms with Gasteiger partial charge in [-0.3, -0.25) is 0 Å². The summed E-state index contributed by atoms with van der Waals surface area (Å²) in [4.78, 5) is 13.8. The number of unbranched alkanes of at least 4 members (excludes halogenated alkanes) is 1. The molecule has 1 aromatic rings. The van der Waals surface area contributed by atoms with E-state index in [4.69, 9.17) is 9.88 Å². The molecule has 8 heteroatoms. The standard InChI is InChI=1S/C17H29N3O4S/c1-4-5-12-24-13-6-11-19-17(21)20(3)14(2)15-7-9-16(10-8-15)25(18,22)23/h7-10,14H,4-6,11-13H2,1-3H3,(H,19,21)(H2,18,22,23)/t14-/m0/s1. The Bertz CT molecular complexity index is 632. The zero-order chi connectivity index (χ0) is 18.9. The van der Waals surface area contributed by atoms with Crippen molar-refractivity contribution in [2.45, 2.75) is 44.0 Å². The first-order valence-electron chi connectivity index (χ1n) is 8.48. The summed E-state index contributed by atoms with van der Waals surface area (Å²) in [6, 6.07) is 5.83. The maximum Gasteiger partial charge on any atom is 0.317 e. The second kappa shape index (κ2) is 10.4. The van der Waals surface area contributed by atoms with Crippen molar-refractivity contribution in [3.05, 3.63) is 29.8 Å². The highest BCUT2D eigenvalue weighted by Crippen LogP contribution is 2.20. The maximum atomic E-state index is 12.2. The number of carbonyl (C=O) groups excluding carboxylic acids is 1. The number of urea groups is 1. The molecule has 7 nitrogen and oxygen atoms in total. The van der Waals surface area contributed by atoms with Crippen molar-refractivity contribution in [1.82, 2.24) is 10.2 Å². The quantitative estimate of drug-likeness (QED) is 0.616. The third-order valence-corrected chi connectivity index (χ3v) is 4.91. The van der Waals surface area contributed by atoms with Crippen LogP contribution in [-0.2, 0) is 14.8 Å². The number of carbonyl (C=O) groups is 1. The van der Waals surface area contributed by atoms with E-state index in [1.165, 1.54) is 12.1 Å². The van der Waals surface area contributed by atoms with Crippen molar-refractivity contribution in [3.63, 3.8) is 0 Å². The number of hydrogen-bond donors (Lipinski definition) is 2. The van der Waals surface area contributed by atoms with E-state index in [0.29, 0.717) is 13.2 Å². The number of primary sulfonamides is 1. The monoisotopic (exact) mass is 371 g/mol. The van der Waals surface area contributed by atoms with Crippen molar-refractivity contribution >= 4 is 16.1 Å². The number of ether oxygens (including phenoxy) is 1. The predicted octanol–water partition coefficient (Wildman–Crippen LogP) is 2.24. The highest BCUT2D eigenvalue weighted by Gasteiger charge is 2.17. The van der Waals surface area contributed by atoms with Crippen molar-refractivity contribution in [3.8, 4) is 0 Å². The molecule has 0 fully saturated rings. The Morgan fingerprint density at radius 3 is 2.40 bits per heavy atom. The lowest BCUT2D eigenvalue weighted by molar-refractivity contribution is 0.128. The fourth-order valence-electron chi connectivity index (χ4n) is 2.18. The SMILES string of the molecule is CCCCOCCCNC(=O)N(C)[C@@H](C)c1ccc(S(N)(=O)=O)cc1. The predicted molar refractivity (Wildman–Crippen MR) is 97.7 cm³/mol. The van der Waals surface area contributed by atoms with Crippen LogP contribution < -0.4 is 10.5 Å². The minimum atomic E-state index is -3.71. The molecule has 0 heterocycles. The molecule has 1 rings (SSSR count). The van der Waals surface area contributed by atoms with E-state index in [1.54, 1.807) is 24.1 Å². The van der Waals surface area contributed by atoms with Crippen molar-refractivity contribution < 1.29 is 17.9 Å². The van der Waals surface area contributed by atoms with Crippen LogP contribution in [0.5, 0.6) is 0 Å². The largest absolute Gasteiger partial charge is 0.381 e. The number of benzene rings is 1. The van der Waals surface area contributed by atoms with E-state index >= 15 is 0 Å². The molecule has 0 aliphatic carbocycles. The molecule has 0 radical (unpaired) electrons. The lowest BCUT2D eigenvalue weighted by Gasteiger charge is -2.25. The van der Waals surface area contributed by atoms with E-state index in [-0.39, 0.29) is 17.0 Å². The highest BCUT2D eigenvalue weighted by molar-refractivity contribution is 7.89. The smallest absolute Gasteiger partial charge is 0.317 e. The molecule has 1 aromatic carbocycles. The number of amides is 2. The summed E-state index contributed by atoms with van der Waals surface area (Å²) < 4.78 is 28.0. The molecule has 1 atom stereocenters. The molecule has 2 amide bonds. The lowest BCUT2D eigenvalue weighted by atomic mass is 10.1. The molecule has 0 bridgehead atoms. The number of hydrogen-bond acceptors (Lipinski definition) is 4. The van der Waals surface area contributed by atoms with E-state index in [2.05, 4.69) is 12.2 Å². The van der Waals surface area contributed by atoms with Gasteiger partial charge in [0.15, 0.2) is 0 Å². The van der Waals surface area contributed by atoms with Crippen LogP contribution in [0.1, 0.15) is 44.7 Å². The molecule has 0 aliphatic heterocycles. The van der Waals surface area contributed by atoms with Gasteiger partial charge in [-0.15, -0.1) is 0 Å². The van der Waals surface area contributed by atoms with E-state index in [0.717, 1.165) is 31.4 Å². The van der Waals surface area contributed by atoms with Crippen LogP contribution >= 0.6 is 0 Å². The first-order chi connectivity index (χ1) is 11.8. The van der Waals surface area contributed by atoms with Gasteiger partial charge in [0.2, 0.25) is 10.0 Å². The summed E-state index contributed by atoms with van der Waals surface area (Å²) in [5.74, 6) is 0. The summed E-state index contributed by atoms with van der Waals surface area (Å²) in [6.45, 7) is 5.93. The number of sulfonamides is 1. The van der Waals surface area contributed by atoms with Crippen LogP contribution in [0.3, 0.4) is 0 Å². The van der Waals surface area contributed by atoms with Gasteiger partial charge in [0.25, 0.3) is 0 Å². The first kappa shape index (κ1) is 21.4. The van der Waals surface area contributed by atoms with Crippen LogP contribution in [0.4, 0.5) is 4.79 Å².